The van der Waals surface area contributed by atoms with Crippen LogP contribution >= 0.6 is 0 Å². The molecule has 29 heavy (non-hydrogen) atoms. The van der Waals surface area contributed by atoms with E-state index in [1.165, 1.54) is 5.56 Å². The van der Waals surface area contributed by atoms with Crippen molar-refractivity contribution < 1.29 is 9.53 Å². The number of ether oxygens (including phenoxy) is 1. The number of primary amides is 1. The number of amides is 1. The predicted molar refractivity (Wildman–Crippen MR) is 116 cm³/mol. The zero-order valence-electron chi connectivity index (χ0n) is 16.2. The second kappa shape index (κ2) is 8.65. The van der Waals surface area contributed by atoms with Gasteiger partial charge in [0.15, 0.2) is 0 Å². The first-order valence-corrected chi connectivity index (χ1v) is 9.82. The molecule has 146 valence electrons. The third kappa shape index (κ3) is 4.49. The van der Waals surface area contributed by atoms with Crippen LogP contribution in [0.5, 0.6) is 5.75 Å². The molecule has 0 fully saturated rings. The Hall–Kier alpha value is -3.53. The minimum absolute atomic E-state index is 0.308. The highest BCUT2D eigenvalue weighted by Crippen LogP contribution is 2.31. The van der Waals surface area contributed by atoms with Crippen LogP contribution in [0.2, 0.25) is 0 Å². The van der Waals surface area contributed by atoms with Crippen molar-refractivity contribution in [3.63, 3.8) is 0 Å². The van der Waals surface area contributed by atoms with Gasteiger partial charge in [0.2, 0.25) is 5.91 Å². The van der Waals surface area contributed by atoms with E-state index in [1.54, 1.807) is 0 Å². The number of rotatable bonds is 8. The van der Waals surface area contributed by atoms with E-state index in [9.17, 15) is 4.79 Å². The summed E-state index contributed by atoms with van der Waals surface area (Å²) >= 11 is 0. The van der Waals surface area contributed by atoms with E-state index >= 15 is 0 Å². The van der Waals surface area contributed by atoms with Crippen LogP contribution in [0.4, 0.5) is 0 Å². The summed E-state index contributed by atoms with van der Waals surface area (Å²) < 4.78 is 5.96. The second-order valence-electron chi connectivity index (χ2n) is 7.20. The molecule has 4 heteroatoms. The summed E-state index contributed by atoms with van der Waals surface area (Å²) in [5.41, 5.74) is 9.98. The van der Waals surface area contributed by atoms with Crippen LogP contribution in [-0.4, -0.2) is 10.9 Å². The average molecular weight is 384 g/mol. The fourth-order valence-electron chi connectivity index (χ4n) is 3.65. The minimum atomic E-state index is -0.353. The van der Waals surface area contributed by atoms with Crippen LogP contribution in [0.15, 0.2) is 85.1 Å². The minimum Gasteiger partial charge on any atom is -0.489 e. The second-order valence-corrected chi connectivity index (χ2v) is 7.20. The van der Waals surface area contributed by atoms with Crippen molar-refractivity contribution in [2.45, 2.75) is 25.4 Å². The molecule has 0 aliphatic rings. The highest BCUT2D eigenvalue weighted by molar-refractivity contribution is 5.92. The lowest BCUT2D eigenvalue weighted by atomic mass is 9.91. The molecule has 1 atom stereocenters. The number of benzene rings is 3. The summed E-state index contributed by atoms with van der Waals surface area (Å²) in [5.74, 6) is 0.110. The Morgan fingerprint density at radius 3 is 2.31 bits per heavy atom. The van der Waals surface area contributed by atoms with E-state index < -0.39 is 0 Å². The third-order valence-corrected chi connectivity index (χ3v) is 5.22. The maximum atomic E-state index is 12.2. The number of nitrogens with two attached hydrogens (primary N) is 1. The Labute approximate surface area is 170 Å². The van der Waals surface area contributed by atoms with Crippen LogP contribution in [-0.2, 0) is 17.8 Å². The molecule has 0 aliphatic heterocycles. The lowest BCUT2D eigenvalue weighted by Gasteiger charge is -2.13. The van der Waals surface area contributed by atoms with Crippen LogP contribution in [0.3, 0.4) is 0 Å². The van der Waals surface area contributed by atoms with Crippen molar-refractivity contribution in [3.05, 3.63) is 102 Å². The topological polar surface area (TPSA) is 68.1 Å². The molecule has 3 N–H and O–H groups in total. The van der Waals surface area contributed by atoms with Gasteiger partial charge in [0.1, 0.15) is 12.4 Å². The number of hydrogen-bond acceptors (Lipinski definition) is 2. The van der Waals surface area contributed by atoms with Gasteiger partial charge in [-0.1, -0.05) is 60.7 Å². The van der Waals surface area contributed by atoms with Gasteiger partial charge in [0.05, 0.1) is 5.92 Å². The smallest absolute Gasteiger partial charge is 0.225 e. The first-order valence-electron chi connectivity index (χ1n) is 9.82. The monoisotopic (exact) mass is 384 g/mol. The van der Waals surface area contributed by atoms with E-state index in [1.807, 2.05) is 72.9 Å². The summed E-state index contributed by atoms with van der Waals surface area (Å²) in [6.07, 6.45) is 3.36. The number of carbonyl (C=O) groups excluding carboxylic acids is 1. The van der Waals surface area contributed by atoms with Gasteiger partial charge in [-0.05, 0) is 47.7 Å². The molecule has 1 aromatic heterocycles. The summed E-state index contributed by atoms with van der Waals surface area (Å²) in [7, 11) is 0. The molecule has 1 amide bonds. The summed E-state index contributed by atoms with van der Waals surface area (Å²) in [5, 5.41) is 0.979. The van der Waals surface area contributed by atoms with Gasteiger partial charge in [-0.25, -0.2) is 0 Å². The molecule has 1 heterocycles. The number of aryl methyl sites for hydroxylation is 1. The first kappa shape index (κ1) is 18.8. The molecular weight excluding hydrogens is 360 g/mol. The Balaban J connectivity index is 1.55. The predicted octanol–water partition coefficient (Wildman–Crippen LogP) is 4.95. The highest BCUT2D eigenvalue weighted by atomic mass is 16.5. The number of H-pyrrole nitrogens is 1. The quantitative estimate of drug-likeness (QED) is 0.451. The van der Waals surface area contributed by atoms with E-state index in [4.69, 9.17) is 10.5 Å². The van der Waals surface area contributed by atoms with Crippen molar-refractivity contribution in [2.75, 3.05) is 0 Å². The Morgan fingerprint density at radius 2 is 1.62 bits per heavy atom. The van der Waals surface area contributed by atoms with Gasteiger partial charge in [-0.15, -0.1) is 0 Å². The van der Waals surface area contributed by atoms with Crippen molar-refractivity contribution in [3.8, 4) is 5.75 Å². The van der Waals surface area contributed by atoms with Crippen LogP contribution in [0.25, 0.3) is 10.9 Å². The standard InChI is InChI=1S/C25H24N2O2/c26-25(28)21(13-11-18-7-3-1-4-8-18)23-16-27-24-14-12-20(15-22(23)24)29-17-19-9-5-2-6-10-19/h1-10,12,14-16,21,27H,11,13,17H2,(H2,26,28). The SMILES string of the molecule is NC(=O)C(CCc1ccccc1)c1c[nH]c2ccc(OCc3ccccc3)cc12. The lowest BCUT2D eigenvalue weighted by molar-refractivity contribution is -0.119. The van der Waals surface area contributed by atoms with E-state index in [0.29, 0.717) is 13.0 Å². The molecule has 0 radical (unpaired) electrons. The van der Waals surface area contributed by atoms with Crippen LogP contribution in [0, 0.1) is 0 Å². The van der Waals surface area contributed by atoms with E-state index in [-0.39, 0.29) is 11.8 Å². The maximum Gasteiger partial charge on any atom is 0.225 e. The van der Waals surface area contributed by atoms with Crippen molar-refractivity contribution in [1.82, 2.24) is 4.98 Å². The number of fused-ring (bicyclic) bond motifs is 1. The maximum absolute atomic E-state index is 12.2. The number of aromatic nitrogens is 1. The zero-order chi connectivity index (χ0) is 20.1. The molecule has 0 saturated carbocycles. The Bertz CT molecular complexity index is 1090. The molecule has 0 bridgehead atoms. The normalized spacial score (nSPS) is 12.0. The van der Waals surface area contributed by atoms with Crippen molar-refractivity contribution >= 4 is 16.8 Å². The van der Waals surface area contributed by atoms with Crippen LogP contribution < -0.4 is 10.5 Å². The van der Waals surface area contributed by atoms with Gasteiger partial charge in [-0.3, -0.25) is 4.79 Å². The molecule has 4 rings (SSSR count). The van der Waals surface area contributed by atoms with Gasteiger partial charge in [-0.2, -0.15) is 0 Å². The molecule has 4 aromatic rings. The Kier molecular flexibility index (Phi) is 5.61. The number of carbonyl (C=O) groups is 1. The van der Waals surface area contributed by atoms with Gasteiger partial charge in [0.25, 0.3) is 0 Å². The fourth-order valence-corrected chi connectivity index (χ4v) is 3.65. The molecule has 1 unspecified atom stereocenters. The largest absolute Gasteiger partial charge is 0.489 e. The number of nitrogens with one attached hydrogen (secondary N) is 1. The third-order valence-electron chi connectivity index (χ3n) is 5.22. The van der Waals surface area contributed by atoms with Gasteiger partial charge in [0, 0.05) is 17.1 Å². The van der Waals surface area contributed by atoms with E-state index in [0.717, 1.165) is 34.2 Å². The summed E-state index contributed by atoms with van der Waals surface area (Å²) in [6.45, 7) is 0.499. The van der Waals surface area contributed by atoms with Gasteiger partial charge >= 0.3 is 0 Å². The average Bonchev–Trinajstić information content (AvgIpc) is 3.17. The fraction of sp³-hybridized carbons (Fsp3) is 0.160. The molecule has 0 saturated heterocycles. The first-order chi connectivity index (χ1) is 14.2. The number of aromatic amines is 1. The molecule has 4 nitrogen and oxygen atoms in total. The molecule has 3 aromatic carbocycles. The van der Waals surface area contributed by atoms with Crippen molar-refractivity contribution in [2.24, 2.45) is 5.73 Å². The van der Waals surface area contributed by atoms with Crippen LogP contribution in [0.1, 0.15) is 29.0 Å². The number of hydrogen-bond donors (Lipinski definition) is 2. The van der Waals surface area contributed by atoms with E-state index in [2.05, 4.69) is 17.1 Å². The Morgan fingerprint density at radius 1 is 0.931 bits per heavy atom. The molecular formula is C25H24N2O2. The summed E-state index contributed by atoms with van der Waals surface area (Å²) in [4.78, 5) is 15.5. The highest BCUT2D eigenvalue weighted by Gasteiger charge is 2.21. The van der Waals surface area contributed by atoms with Crippen molar-refractivity contribution in [1.29, 1.82) is 0 Å². The zero-order valence-corrected chi connectivity index (χ0v) is 16.2. The van der Waals surface area contributed by atoms with Gasteiger partial charge < -0.3 is 15.5 Å². The summed E-state index contributed by atoms with van der Waals surface area (Å²) in [6, 6.07) is 26.1. The molecule has 0 spiro atoms. The molecule has 0 aliphatic carbocycles. The lowest BCUT2D eigenvalue weighted by Crippen LogP contribution is -2.21.